The molecule has 0 aliphatic rings. The Hall–Kier alpha value is -2.49. The number of hydrogen-bond acceptors (Lipinski definition) is 3. The van der Waals surface area contributed by atoms with Crippen LogP contribution in [-0.4, -0.2) is 26.2 Å². The van der Waals surface area contributed by atoms with Crippen LogP contribution in [0.3, 0.4) is 0 Å². The van der Waals surface area contributed by atoms with Gasteiger partial charge in [-0.1, -0.05) is 30.3 Å². The molecule has 0 spiro atoms. The van der Waals surface area contributed by atoms with Crippen molar-refractivity contribution in [2.24, 2.45) is 0 Å². The van der Waals surface area contributed by atoms with Gasteiger partial charge >= 0.3 is 0 Å². The molecule has 0 saturated heterocycles. The molecular weight excluding hydrogens is 302 g/mol. The summed E-state index contributed by atoms with van der Waals surface area (Å²) in [6, 6.07) is 13.8. The van der Waals surface area contributed by atoms with Crippen molar-refractivity contribution in [2.45, 2.75) is 26.7 Å². The highest BCUT2D eigenvalue weighted by Gasteiger charge is 2.05. The fraction of sp³-hybridized carbons (Fsp3) is 0.350. The van der Waals surface area contributed by atoms with E-state index in [4.69, 9.17) is 9.47 Å². The van der Waals surface area contributed by atoms with Crippen LogP contribution in [0.1, 0.15) is 23.1 Å². The second-order valence-electron chi connectivity index (χ2n) is 5.77. The predicted octanol–water partition coefficient (Wildman–Crippen LogP) is 3.44. The van der Waals surface area contributed by atoms with Gasteiger partial charge in [0.2, 0.25) is 5.91 Å². The van der Waals surface area contributed by atoms with Gasteiger partial charge in [-0.05, 0) is 49.1 Å². The summed E-state index contributed by atoms with van der Waals surface area (Å²) in [5.41, 5.74) is 3.31. The quantitative estimate of drug-likeness (QED) is 0.756. The lowest BCUT2D eigenvalue weighted by molar-refractivity contribution is -0.121. The van der Waals surface area contributed by atoms with Gasteiger partial charge in [-0.2, -0.15) is 0 Å². The maximum atomic E-state index is 11.9. The Bertz CT molecular complexity index is 662. The minimum Gasteiger partial charge on any atom is -0.497 e. The van der Waals surface area contributed by atoms with Gasteiger partial charge in [0.05, 0.1) is 13.7 Å². The summed E-state index contributed by atoms with van der Waals surface area (Å²) < 4.78 is 11.0. The highest BCUT2D eigenvalue weighted by Crippen LogP contribution is 2.21. The molecule has 0 saturated carbocycles. The maximum Gasteiger partial charge on any atom is 0.220 e. The third kappa shape index (κ3) is 5.30. The number of aryl methyl sites for hydroxylation is 3. The lowest BCUT2D eigenvalue weighted by atomic mass is 10.1. The number of carbonyl (C=O) groups is 1. The van der Waals surface area contributed by atoms with Crippen molar-refractivity contribution in [3.05, 3.63) is 59.2 Å². The Balaban J connectivity index is 1.70. The first kappa shape index (κ1) is 17.9. The van der Waals surface area contributed by atoms with E-state index in [2.05, 4.69) is 5.32 Å². The van der Waals surface area contributed by atoms with Crippen molar-refractivity contribution in [2.75, 3.05) is 20.3 Å². The molecule has 24 heavy (non-hydrogen) atoms. The normalized spacial score (nSPS) is 10.3. The summed E-state index contributed by atoms with van der Waals surface area (Å²) in [5, 5.41) is 2.90. The minimum absolute atomic E-state index is 0.0305. The van der Waals surface area contributed by atoms with Crippen LogP contribution in [-0.2, 0) is 11.2 Å². The molecule has 4 heteroatoms. The van der Waals surface area contributed by atoms with Gasteiger partial charge in [-0.3, -0.25) is 4.79 Å². The molecule has 0 unspecified atom stereocenters. The highest BCUT2D eigenvalue weighted by atomic mass is 16.5. The van der Waals surface area contributed by atoms with Gasteiger partial charge in [0, 0.05) is 6.42 Å². The van der Waals surface area contributed by atoms with Crippen LogP contribution in [0, 0.1) is 13.8 Å². The van der Waals surface area contributed by atoms with Gasteiger partial charge in [0.1, 0.15) is 18.1 Å². The van der Waals surface area contributed by atoms with Gasteiger partial charge in [0.15, 0.2) is 0 Å². The van der Waals surface area contributed by atoms with E-state index in [1.165, 1.54) is 0 Å². The zero-order valence-electron chi connectivity index (χ0n) is 14.6. The molecule has 0 heterocycles. The van der Waals surface area contributed by atoms with Crippen LogP contribution in [0.5, 0.6) is 11.5 Å². The molecule has 2 aromatic rings. The molecule has 0 bridgehead atoms. The molecule has 0 aromatic heterocycles. The first-order chi connectivity index (χ1) is 11.6. The molecule has 0 fully saturated rings. The number of nitrogens with one attached hydrogen (secondary N) is 1. The van der Waals surface area contributed by atoms with E-state index >= 15 is 0 Å². The summed E-state index contributed by atoms with van der Waals surface area (Å²) in [7, 11) is 1.64. The van der Waals surface area contributed by atoms with Crippen molar-refractivity contribution in [3.8, 4) is 11.5 Å². The molecule has 1 amide bonds. The molecule has 2 aromatic carbocycles. The summed E-state index contributed by atoms with van der Waals surface area (Å²) in [5.74, 6) is 1.75. The summed E-state index contributed by atoms with van der Waals surface area (Å²) >= 11 is 0. The van der Waals surface area contributed by atoms with E-state index in [9.17, 15) is 4.79 Å². The number of para-hydroxylation sites is 1. The van der Waals surface area contributed by atoms with Crippen LogP contribution >= 0.6 is 0 Å². The Morgan fingerprint density at radius 2 is 1.79 bits per heavy atom. The van der Waals surface area contributed by atoms with Gasteiger partial charge in [-0.25, -0.2) is 0 Å². The largest absolute Gasteiger partial charge is 0.497 e. The Kier molecular flexibility index (Phi) is 6.67. The van der Waals surface area contributed by atoms with Crippen molar-refractivity contribution in [1.29, 1.82) is 0 Å². The third-order valence-electron chi connectivity index (χ3n) is 3.85. The zero-order chi connectivity index (χ0) is 17.4. The highest BCUT2D eigenvalue weighted by molar-refractivity contribution is 5.76. The van der Waals surface area contributed by atoms with Crippen molar-refractivity contribution in [1.82, 2.24) is 5.32 Å². The Morgan fingerprint density at radius 1 is 1.08 bits per heavy atom. The van der Waals surface area contributed by atoms with E-state index in [1.54, 1.807) is 7.11 Å². The van der Waals surface area contributed by atoms with E-state index in [1.807, 2.05) is 56.3 Å². The van der Waals surface area contributed by atoms with Gasteiger partial charge < -0.3 is 14.8 Å². The second kappa shape index (κ2) is 8.96. The van der Waals surface area contributed by atoms with E-state index < -0.39 is 0 Å². The fourth-order valence-corrected chi connectivity index (χ4v) is 2.54. The van der Waals surface area contributed by atoms with Gasteiger partial charge in [0.25, 0.3) is 0 Å². The van der Waals surface area contributed by atoms with Crippen LogP contribution < -0.4 is 14.8 Å². The molecule has 0 radical (unpaired) electrons. The standard InChI is InChI=1S/C20H25NO3/c1-15-6-4-7-16(2)20(15)24-13-12-21-19(22)11-10-17-8-5-9-18(14-17)23-3/h4-9,14H,10-13H2,1-3H3,(H,21,22). The lowest BCUT2D eigenvalue weighted by Crippen LogP contribution is -2.28. The van der Waals surface area contributed by atoms with Crippen LogP contribution in [0.4, 0.5) is 0 Å². The molecule has 0 atom stereocenters. The molecule has 0 aliphatic carbocycles. The number of benzene rings is 2. The van der Waals surface area contributed by atoms with Crippen molar-refractivity contribution in [3.63, 3.8) is 0 Å². The lowest BCUT2D eigenvalue weighted by Gasteiger charge is -2.12. The van der Waals surface area contributed by atoms with Gasteiger partial charge in [-0.15, -0.1) is 0 Å². The first-order valence-electron chi connectivity index (χ1n) is 8.19. The zero-order valence-corrected chi connectivity index (χ0v) is 14.6. The Labute approximate surface area is 143 Å². The smallest absolute Gasteiger partial charge is 0.220 e. The topological polar surface area (TPSA) is 47.6 Å². The molecule has 2 rings (SSSR count). The summed E-state index contributed by atoms with van der Waals surface area (Å²) in [4.78, 5) is 11.9. The average molecular weight is 327 g/mol. The average Bonchev–Trinajstić information content (AvgIpc) is 2.59. The van der Waals surface area contributed by atoms with E-state index in [-0.39, 0.29) is 5.91 Å². The van der Waals surface area contributed by atoms with Crippen LogP contribution in [0.15, 0.2) is 42.5 Å². The van der Waals surface area contributed by atoms with Crippen LogP contribution in [0.2, 0.25) is 0 Å². The molecule has 0 aliphatic heterocycles. The first-order valence-corrected chi connectivity index (χ1v) is 8.19. The maximum absolute atomic E-state index is 11.9. The minimum atomic E-state index is 0.0305. The molecule has 4 nitrogen and oxygen atoms in total. The van der Waals surface area contributed by atoms with Crippen molar-refractivity contribution >= 4 is 5.91 Å². The molecule has 1 N–H and O–H groups in total. The predicted molar refractivity (Wildman–Crippen MR) is 95.7 cm³/mol. The third-order valence-corrected chi connectivity index (χ3v) is 3.85. The number of amides is 1. The number of rotatable bonds is 8. The Morgan fingerprint density at radius 3 is 2.50 bits per heavy atom. The monoisotopic (exact) mass is 327 g/mol. The van der Waals surface area contributed by atoms with Crippen molar-refractivity contribution < 1.29 is 14.3 Å². The number of hydrogen-bond donors (Lipinski definition) is 1. The van der Waals surface area contributed by atoms with E-state index in [0.29, 0.717) is 26.0 Å². The fourth-order valence-electron chi connectivity index (χ4n) is 2.54. The van der Waals surface area contributed by atoms with E-state index in [0.717, 1.165) is 28.2 Å². The second-order valence-corrected chi connectivity index (χ2v) is 5.77. The summed E-state index contributed by atoms with van der Waals surface area (Å²) in [6.45, 7) is 5.02. The van der Waals surface area contributed by atoms with Crippen LogP contribution in [0.25, 0.3) is 0 Å². The molecule has 128 valence electrons. The number of methoxy groups -OCH3 is 1. The number of ether oxygens (including phenoxy) is 2. The number of carbonyl (C=O) groups excluding carboxylic acids is 1. The SMILES string of the molecule is COc1cccc(CCC(=O)NCCOc2c(C)cccc2C)c1. The summed E-state index contributed by atoms with van der Waals surface area (Å²) in [6.07, 6.45) is 1.15. The molecular formula is C20H25NO3.